The Morgan fingerprint density at radius 1 is 1.43 bits per heavy atom. The molecule has 2 aromatic rings. The summed E-state index contributed by atoms with van der Waals surface area (Å²) in [5.41, 5.74) is 1.67. The number of benzene rings is 1. The number of hydrogen-bond acceptors (Lipinski definition) is 3. The van der Waals surface area contributed by atoms with Crippen LogP contribution in [0, 0.1) is 5.82 Å². The maximum Gasteiger partial charge on any atom is 0.317 e. The predicted octanol–water partition coefficient (Wildman–Crippen LogP) is 2.44. The van der Waals surface area contributed by atoms with Crippen molar-refractivity contribution in [2.45, 2.75) is 18.9 Å². The third-order valence-electron chi connectivity index (χ3n) is 3.77. The number of rotatable bonds is 4. The minimum absolute atomic E-state index is 0.00954. The fourth-order valence-electron chi connectivity index (χ4n) is 2.78. The Morgan fingerprint density at radius 2 is 2.19 bits per heavy atom. The van der Waals surface area contributed by atoms with Crippen LogP contribution < -0.4 is 0 Å². The number of aliphatic carboxylic acids is 1. The molecule has 1 fully saturated rings. The highest BCUT2D eigenvalue weighted by molar-refractivity contribution is 5.69. The van der Waals surface area contributed by atoms with Gasteiger partial charge in [-0.1, -0.05) is 0 Å². The molecule has 0 saturated carbocycles. The van der Waals surface area contributed by atoms with Crippen molar-refractivity contribution in [3.8, 4) is 11.3 Å². The molecule has 1 unspecified atom stereocenters. The fourth-order valence-corrected chi connectivity index (χ4v) is 2.78. The smallest absolute Gasteiger partial charge is 0.317 e. The molecule has 1 aromatic carbocycles. The Morgan fingerprint density at radius 3 is 2.90 bits per heavy atom. The molecule has 5 nitrogen and oxygen atoms in total. The Labute approximate surface area is 121 Å². The zero-order chi connectivity index (χ0) is 14.8. The van der Waals surface area contributed by atoms with E-state index in [4.69, 9.17) is 5.11 Å². The molecular formula is C15H16FN3O2. The van der Waals surface area contributed by atoms with Crippen LogP contribution in [-0.2, 0) is 4.79 Å². The number of hydrogen-bond donors (Lipinski definition) is 2. The number of halogens is 1. The summed E-state index contributed by atoms with van der Waals surface area (Å²) in [5.74, 6) is -0.331. The van der Waals surface area contributed by atoms with E-state index in [2.05, 4.69) is 9.97 Å². The van der Waals surface area contributed by atoms with Crippen molar-refractivity contribution in [1.82, 2.24) is 14.9 Å². The number of carbonyl (C=O) groups is 1. The van der Waals surface area contributed by atoms with Crippen LogP contribution in [0.2, 0.25) is 0 Å². The molecule has 0 aliphatic carbocycles. The standard InChI is InChI=1S/C15H16FN3O2/c16-11-5-3-10(4-6-11)12-8-17-15(18-12)13-2-1-7-19(13)9-14(20)21/h3-6,8,13H,1-2,7,9H2,(H,17,18)(H,20,21). The summed E-state index contributed by atoms with van der Waals surface area (Å²) >= 11 is 0. The van der Waals surface area contributed by atoms with Crippen LogP contribution in [0.4, 0.5) is 4.39 Å². The highest BCUT2D eigenvalue weighted by Crippen LogP contribution is 2.31. The lowest BCUT2D eigenvalue weighted by Crippen LogP contribution is -2.29. The summed E-state index contributed by atoms with van der Waals surface area (Å²) in [6, 6.07) is 6.20. The number of nitrogens with one attached hydrogen (secondary N) is 1. The van der Waals surface area contributed by atoms with E-state index in [1.807, 2.05) is 4.90 Å². The van der Waals surface area contributed by atoms with Gasteiger partial charge in [0.15, 0.2) is 0 Å². The van der Waals surface area contributed by atoms with Crippen molar-refractivity contribution in [1.29, 1.82) is 0 Å². The number of H-pyrrole nitrogens is 1. The molecule has 1 saturated heterocycles. The number of likely N-dealkylation sites (tertiary alicyclic amines) is 1. The molecule has 0 bridgehead atoms. The van der Waals surface area contributed by atoms with E-state index in [-0.39, 0.29) is 18.4 Å². The van der Waals surface area contributed by atoms with Crippen molar-refractivity contribution in [3.63, 3.8) is 0 Å². The van der Waals surface area contributed by atoms with Crippen LogP contribution in [0.25, 0.3) is 11.3 Å². The number of carboxylic acids is 1. The molecule has 0 radical (unpaired) electrons. The summed E-state index contributed by atoms with van der Waals surface area (Å²) in [5, 5.41) is 8.94. The molecule has 2 heterocycles. The minimum atomic E-state index is -0.827. The molecule has 1 atom stereocenters. The number of carboxylic acid groups (broad SMARTS) is 1. The predicted molar refractivity (Wildman–Crippen MR) is 75.2 cm³/mol. The number of aromatic amines is 1. The maximum absolute atomic E-state index is 12.9. The van der Waals surface area contributed by atoms with Gasteiger partial charge in [-0.15, -0.1) is 0 Å². The van der Waals surface area contributed by atoms with E-state index in [0.29, 0.717) is 0 Å². The molecule has 1 aromatic heterocycles. The van der Waals surface area contributed by atoms with Crippen molar-refractivity contribution < 1.29 is 14.3 Å². The van der Waals surface area contributed by atoms with Gasteiger partial charge in [0.05, 0.1) is 24.5 Å². The molecule has 1 aliphatic heterocycles. The number of nitrogens with zero attached hydrogens (tertiary/aromatic N) is 2. The first kappa shape index (κ1) is 13.8. The number of imidazole rings is 1. The largest absolute Gasteiger partial charge is 0.480 e. The van der Waals surface area contributed by atoms with Crippen LogP contribution in [0.3, 0.4) is 0 Å². The van der Waals surface area contributed by atoms with Gasteiger partial charge in [0.1, 0.15) is 11.6 Å². The van der Waals surface area contributed by atoms with E-state index in [9.17, 15) is 9.18 Å². The van der Waals surface area contributed by atoms with Crippen LogP contribution >= 0.6 is 0 Å². The Bertz CT molecular complexity index is 639. The van der Waals surface area contributed by atoms with Crippen LogP contribution in [0.5, 0.6) is 0 Å². The van der Waals surface area contributed by atoms with Gasteiger partial charge in [-0.25, -0.2) is 9.37 Å². The van der Waals surface area contributed by atoms with E-state index in [0.717, 1.165) is 36.5 Å². The van der Waals surface area contributed by atoms with Crippen LogP contribution in [-0.4, -0.2) is 39.0 Å². The summed E-state index contributed by atoms with van der Waals surface area (Å²) in [6.45, 7) is 0.792. The average molecular weight is 289 g/mol. The second kappa shape index (κ2) is 5.65. The van der Waals surface area contributed by atoms with Gasteiger partial charge in [0.2, 0.25) is 0 Å². The first-order valence-corrected chi connectivity index (χ1v) is 6.90. The zero-order valence-corrected chi connectivity index (χ0v) is 11.4. The topological polar surface area (TPSA) is 69.2 Å². The molecule has 0 amide bonds. The first-order chi connectivity index (χ1) is 10.1. The summed E-state index contributed by atoms with van der Waals surface area (Å²) in [4.78, 5) is 20.4. The molecule has 21 heavy (non-hydrogen) atoms. The van der Waals surface area contributed by atoms with Crippen LogP contribution in [0.15, 0.2) is 30.5 Å². The average Bonchev–Trinajstić information content (AvgIpc) is 3.07. The summed E-state index contributed by atoms with van der Waals surface area (Å²) in [7, 11) is 0. The molecule has 0 spiro atoms. The molecule has 110 valence electrons. The lowest BCUT2D eigenvalue weighted by atomic mass is 10.2. The third-order valence-corrected chi connectivity index (χ3v) is 3.77. The highest BCUT2D eigenvalue weighted by atomic mass is 19.1. The third kappa shape index (κ3) is 2.95. The van der Waals surface area contributed by atoms with Crippen molar-refractivity contribution in [2.24, 2.45) is 0 Å². The second-order valence-electron chi connectivity index (χ2n) is 5.21. The Hall–Kier alpha value is -2.21. The second-order valence-corrected chi connectivity index (χ2v) is 5.21. The summed E-state index contributed by atoms with van der Waals surface area (Å²) < 4.78 is 12.9. The van der Waals surface area contributed by atoms with Crippen molar-refractivity contribution >= 4 is 5.97 Å². The van der Waals surface area contributed by atoms with Crippen LogP contribution in [0.1, 0.15) is 24.7 Å². The Kier molecular flexibility index (Phi) is 3.70. The molecule has 2 N–H and O–H groups in total. The van der Waals surface area contributed by atoms with E-state index < -0.39 is 5.97 Å². The Balaban J connectivity index is 1.81. The minimum Gasteiger partial charge on any atom is -0.480 e. The fraction of sp³-hybridized carbons (Fsp3) is 0.333. The van der Waals surface area contributed by atoms with Gasteiger partial charge in [-0.3, -0.25) is 9.69 Å². The van der Waals surface area contributed by atoms with Gasteiger partial charge in [-0.05, 0) is 49.2 Å². The monoisotopic (exact) mass is 289 g/mol. The highest BCUT2D eigenvalue weighted by Gasteiger charge is 2.29. The molecule has 6 heteroatoms. The normalized spacial score (nSPS) is 19.0. The van der Waals surface area contributed by atoms with Gasteiger partial charge in [0, 0.05) is 0 Å². The quantitative estimate of drug-likeness (QED) is 0.907. The van der Waals surface area contributed by atoms with Crippen molar-refractivity contribution in [2.75, 3.05) is 13.1 Å². The van der Waals surface area contributed by atoms with Gasteiger partial charge < -0.3 is 10.1 Å². The maximum atomic E-state index is 12.9. The van der Waals surface area contributed by atoms with Gasteiger partial charge in [0.25, 0.3) is 0 Å². The lowest BCUT2D eigenvalue weighted by molar-refractivity contribution is -0.138. The van der Waals surface area contributed by atoms with E-state index >= 15 is 0 Å². The first-order valence-electron chi connectivity index (χ1n) is 6.90. The van der Waals surface area contributed by atoms with Crippen molar-refractivity contribution in [3.05, 3.63) is 42.1 Å². The van der Waals surface area contributed by atoms with Gasteiger partial charge in [-0.2, -0.15) is 0 Å². The van der Waals surface area contributed by atoms with E-state index in [1.54, 1.807) is 18.3 Å². The van der Waals surface area contributed by atoms with E-state index in [1.165, 1.54) is 12.1 Å². The SMILES string of the molecule is O=C(O)CN1CCCC1c1ncc(-c2ccc(F)cc2)[nH]1. The summed E-state index contributed by atoms with van der Waals surface area (Å²) in [6.07, 6.45) is 3.56. The number of aromatic nitrogens is 2. The molecular weight excluding hydrogens is 273 g/mol. The zero-order valence-electron chi connectivity index (χ0n) is 11.4. The molecule has 1 aliphatic rings. The lowest BCUT2D eigenvalue weighted by Gasteiger charge is -2.20. The molecule has 3 rings (SSSR count). The van der Waals surface area contributed by atoms with Gasteiger partial charge >= 0.3 is 5.97 Å².